The molecule has 3 aromatic carbocycles. The van der Waals surface area contributed by atoms with Gasteiger partial charge in [-0.2, -0.15) is 10.3 Å². The minimum absolute atomic E-state index is 0.183. The quantitative estimate of drug-likeness (QED) is 0.200. The van der Waals surface area contributed by atoms with Crippen LogP contribution in [0.5, 0.6) is 0 Å². The highest BCUT2D eigenvalue weighted by atomic mass is 79.9. The monoisotopic (exact) mass is 585 g/mol. The van der Waals surface area contributed by atoms with Crippen LogP contribution in [0.2, 0.25) is 0 Å². The number of nitrogens with zero attached hydrogens (tertiary/aromatic N) is 6. The number of aryl methyl sites for hydroxylation is 2. The number of aromatic amines is 1. The lowest BCUT2D eigenvalue weighted by molar-refractivity contribution is 0.0696. The van der Waals surface area contributed by atoms with Crippen LogP contribution < -0.4 is 4.90 Å². The SMILES string of the molecule is CCCN(Cc1ccc(-c2ccccc2-c2nn[nH]n2)cc1)c1nn(CCc2ccccc2)c(Br)c1C(=O)O. The van der Waals surface area contributed by atoms with Gasteiger partial charge in [0.2, 0.25) is 5.82 Å². The van der Waals surface area contributed by atoms with Crippen molar-refractivity contribution in [2.24, 2.45) is 0 Å². The van der Waals surface area contributed by atoms with Gasteiger partial charge in [0, 0.05) is 25.2 Å². The van der Waals surface area contributed by atoms with E-state index in [-0.39, 0.29) is 5.56 Å². The van der Waals surface area contributed by atoms with Gasteiger partial charge in [-0.15, -0.1) is 10.2 Å². The lowest BCUT2D eigenvalue weighted by Crippen LogP contribution is -2.25. The zero-order valence-electron chi connectivity index (χ0n) is 21.5. The molecule has 9 nitrogen and oxygen atoms in total. The molecule has 0 bridgehead atoms. The first-order valence-corrected chi connectivity index (χ1v) is 13.5. The number of aromatic carboxylic acids is 1. The zero-order valence-corrected chi connectivity index (χ0v) is 23.0. The second-order valence-corrected chi connectivity index (χ2v) is 9.90. The maximum absolute atomic E-state index is 12.3. The number of H-pyrrole nitrogens is 1. The van der Waals surface area contributed by atoms with Gasteiger partial charge in [-0.3, -0.25) is 4.68 Å². The van der Waals surface area contributed by atoms with E-state index in [0.29, 0.717) is 35.9 Å². The Labute approximate surface area is 234 Å². The molecule has 5 aromatic rings. The van der Waals surface area contributed by atoms with Crippen molar-refractivity contribution >= 4 is 27.7 Å². The number of anilines is 1. The number of hydrogen-bond donors (Lipinski definition) is 2. The molecule has 0 unspecified atom stereocenters. The van der Waals surface area contributed by atoms with Crippen molar-refractivity contribution < 1.29 is 9.90 Å². The van der Waals surface area contributed by atoms with Crippen molar-refractivity contribution in [3.8, 4) is 22.5 Å². The Morgan fingerprint density at radius 2 is 1.69 bits per heavy atom. The number of hydrogen-bond acceptors (Lipinski definition) is 6. The molecule has 0 aliphatic heterocycles. The molecule has 2 N–H and O–H groups in total. The second-order valence-electron chi connectivity index (χ2n) is 9.15. The molecule has 2 heterocycles. The molecule has 5 rings (SSSR count). The number of carbonyl (C=O) groups is 1. The van der Waals surface area contributed by atoms with Crippen LogP contribution in [0.25, 0.3) is 22.5 Å². The molecule has 0 aliphatic carbocycles. The van der Waals surface area contributed by atoms with E-state index in [4.69, 9.17) is 5.10 Å². The summed E-state index contributed by atoms with van der Waals surface area (Å²) in [5.74, 6) is 0.00611. The molecule has 0 fully saturated rings. The first kappa shape index (κ1) is 26.3. The number of tetrazole rings is 1. The van der Waals surface area contributed by atoms with E-state index in [0.717, 1.165) is 35.1 Å². The van der Waals surface area contributed by atoms with Crippen LogP contribution in [0, 0.1) is 0 Å². The number of rotatable bonds is 11. The van der Waals surface area contributed by atoms with E-state index in [1.54, 1.807) is 4.68 Å². The van der Waals surface area contributed by atoms with Crippen LogP contribution in [0.3, 0.4) is 0 Å². The van der Waals surface area contributed by atoms with E-state index in [1.807, 2.05) is 47.4 Å². The number of halogens is 1. The van der Waals surface area contributed by atoms with Gasteiger partial charge in [-0.1, -0.05) is 85.8 Å². The van der Waals surface area contributed by atoms with Gasteiger partial charge < -0.3 is 10.0 Å². The van der Waals surface area contributed by atoms with Crippen LogP contribution in [0.4, 0.5) is 5.82 Å². The number of carboxylic acids is 1. The minimum Gasteiger partial charge on any atom is -0.477 e. The van der Waals surface area contributed by atoms with E-state index in [1.165, 1.54) is 5.56 Å². The summed E-state index contributed by atoms with van der Waals surface area (Å²) in [6, 6.07) is 26.3. The molecular weight excluding hydrogens is 558 g/mol. The molecule has 0 aliphatic rings. The molecule has 39 heavy (non-hydrogen) atoms. The molecule has 0 atom stereocenters. The van der Waals surface area contributed by atoms with Crippen LogP contribution in [-0.2, 0) is 19.5 Å². The summed E-state index contributed by atoms with van der Waals surface area (Å²) in [6.07, 6.45) is 1.60. The highest BCUT2D eigenvalue weighted by Crippen LogP contribution is 2.32. The lowest BCUT2D eigenvalue weighted by atomic mass is 9.98. The topological polar surface area (TPSA) is 113 Å². The third-order valence-electron chi connectivity index (χ3n) is 6.49. The zero-order chi connectivity index (χ0) is 27.2. The molecule has 2 aromatic heterocycles. The van der Waals surface area contributed by atoms with E-state index in [2.05, 4.69) is 79.9 Å². The Kier molecular flexibility index (Phi) is 8.12. The fraction of sp³-hybridized carbons (Fsp3) is 0.207. The van der Waals surface area contributed by atoms with Crippen molar-refractivity contribution in [3.63, 3.8) is 0 Å². The minimum atomic E-state index is -1.00. The summed E-state index contributed by atoms with van der Waals surface area (Å²) in [5.41, 5.74) is 5.33. The van der Waals surface area contributed by atoms with Gasteiger partial charge in [0.1, 0.15) is 10.2 Å². The van der Waals surface area contributed by atoms with E-state index >= 15 is 0 Å². The van der Waals surface area contributed by atoms with Gasteiger partial charge in [-0.25, -0.2) is 4.79 Å². The fourth-order valence-corrected chi connectivity index (χ4v) is 5.21. The van der Waals surface area contributed by atoms with Gasteiger partial charge in [0.15, 0.2) is 5.82 Å². The summed E-state index contributed by atoms with van der Waals surface area (Å²) >= 11 is 3.52. The number of benzene rings is 3. The summed E-state index contributed by atoms with van der Waals surface area (Å²) < 4.78 is 2.22. The van der Waals surface area contributed by atoms with Crippen molar-refractivity contribution in [2.45, 2.75) is 32.9 Å². The Balaban J connectivity index is 1.40. The summed E-state index contributed by atoms with van der Waals surface area (Å²) in [7, 11) is 0. The summed E-state index contributed by atoms with van der Waals surface area (Å²) in [6.45, 7) is 3.85. The fourth-order valence-electron chi connectivity index (χ4n) is 4.61. The highest BCUT2D eigenvalue weighted by Gasteiger charge is 2.26. The first-order chi connectivity index (χ1) is 19.0. The van der Waals surface area contributed by atoms with Gasteiger partial charge in [0.05, 0.1) is 0 Å². The van der Waals surface area contributed by atoms with Crippen LogP contribution in [0.1, 0.15) is 34.8 Å². The first-order valence-electron chi connectivity index (χ1n) is 12.8. The molecule has 198 valence electrons. The van der Waals surface area contributed by atoms with Crippen molar-refractivity contribution in [2.75, 3.05) is 11.4 Å². The van der Waals surface area contributed by atoms with Gasteiger partial charge >= 0.3 is 5.97 Å². The molecule has 0 saturated heterocycles. The Morgan fingerprint density at radius 1 is 0.974 bits per heavy atom. The number of aromatic nitrogens is 6. The maximum atomic E-state index is 12.3. The lowest BCUT2D eigenvalue weighted by Gasteiger charge is -2.23. The van der Waals surface area contributed by atoms with Crippen LogP contribution >= 0.6 is 15.9 Å². The van der Waals surface area contributed by atoms with E-state index < -0.39 is 5.97 Å². The van der Waals surface area contributed by atoms with Gasteiger partial charge in [-0.05, 0) is 56.2 Å². The molecule has 0 amide bonds. The normalized spacial score (nSPS) is 11.0. The van der Waals surface area contributed by atoms with Crippen molar-refractivity contribution in [3.05, 3.63) is 100 Å². The molecule has 0 spiro atoms. The Morgan fingerprint density at radius 3 is 2.36 bits per heavy atom. The Bertz CT molecular complexity index is 1530. The molecular formula is C29H28BrN7O2. The molecule has 10 heteroatoms. The summed E-state index contributed by atoms with van der Waals surface area (Å²) in [5, 5.41) is 29.3. The van der Waals surface area contributed by atoms with Crippen LogP contribution in [0.15, 0.2) is 83.5 Å². The number of carboxylic acid groups (broad SMARTS) is 1. The van der Waals surface area contributed by atoms with E-state index in [9.17, 15) is 9.90 Å². The Hall–Kier alpha value is -4.31. The maximum Gasteiger partial charge on any atom is 0.342 e. The van der Waals surface area contributed by atoms with Crippen molar-refractivity contribution in [1.29, 1.82) is 0 Å². The largest absolute Gasteiger partial charge is 0.477 e. The predicted molar refractivity (Wildman–Crippen MR) is 153 cm³/mol. The smallest absolute Gasteiger partial charge is 0.342 e. The van der Waals surface area contributed by atoms with Crippen molar-refractivity contribution in [1.82, 2.24) is 30.4 Å². The molecule has 0 radical (unpaired) electrons. The predicted octanol–water partition coefficient (Wildman–Crippen LogP) is 5.85. The average Bonchev–Trinajstić information content (AvgIpc) is 3.61. The second kappa shape index (κ2) is 12.0. The third kappa shape index (κ3) is 5.91. The van der Waals surface area contributed by atoms with Gasteiger partial charge in [0.25, 0.3) is 0 Å². The highest BCUT2D eigenvalue weighted by molar-refractivity contribution is 9.10. The summed E-state index contributed by atoms with van der Waals surface area (Å²) in [4.78, 5) is 14.3. The number of nitrogens with one attached hydrogen (secondary N) is 1. The standard InChI is InChI=1S/C29H28BrN7O2/c1-2-17-36(28-25(29(38)39)26(30)37(33-28)18-16-20-8-4-3-5-9-20)19-21-12-14-22(15-13-21)23-10-6-7-11-24(23)27-31-34-35-32-27/h3-15H,2,16-19H2,1H3,(H,38,39)(H,31,32,34,35). The molecule has 0 saturated carbocycles. The van der Waals surface area contributed by atoms with Crippen LogP contribution in [-0.4, -0.2) is 48.0 Å². The average molecular weight is 586 g/mol. The third-order valence-corrected chi connectivity index (χ3v) is 7.29.